The zero-order chi connectivity index (χ0) is 17.1. The highest BCUT2D eigenvalue weighted by atomic mass is 35.5. The third kappa shape index (κ3) is 3.98. The molecule has 4 rings (SSSR count). The lowest BCUT2D eigenvalue weighted by Crippen LogP contribution is -2.16. The molecule has 2 N–H and O–H groups in total. The smallest absolute Gasteiger partial charge is 0.161 e. The molecule has 0 atom stereocenters. The van der Waals surface area contributed by atoms with Crippen molar-refractivity contribution in [3.05, 3.63) is 65.6 Å². The Bertz CT molecular complexity index is 867. The van der Waals surface area contributed by atoms with Gasteiger partial charge in [0.2, 0.25) is 0 Å². The van der Waals surface area contributed by atoms with Crippen LogP contribution in [0.2, 0.25) is 0 Å². The average Bonchev–Trinajstić information content (AvgIpc) is 3.11. The predicted molar refractivity (Wildman–Crippen MR) is 99.2 cm³/mol. The van der Waals surface area contributed by atoms with Gasteiger partial charge in [0, 0.05) is 24.2 Å². The lowest BCUT2D eigenvalue weighted by Gasteiger charge is -2.19. The summed E-state index contributed by atoms with van der Waals surface area (Å²) < 4.78 is 24.2. The summed E-state index contributed by atoms with van der Waals surface area (Å²) in [5.74, 6) is 1.34. The van der Waals surface area contributed by atoms with E-state index in [1.54, 1.807) is 18.3 Å². The molecule has 0 unspecified atom stereocenters. The van der Waals surface area contributed by atoms with E-state index in [0.717, 1.165) is 33.9 Å². The van der Waals surface area contributed by atoms with Crippen LogP contribution in [-0.4, -0.2) is 23.4 Å². The van der Waals surface area contributed by atoms with Crippen LogP contribution in [-0.2, 0) is 13.1 Å². The normalized spacial score (nSPS) is 12.5. The third-order valence-corrected chi connectivity index (χ3v) is 4.10. The SMILES string of the molecule is Cl.Fc1ccc(-c2[nH]ncc2CNCc2ccc3c(c2)OCCO3)cc1. The monoisotopic (exact) mass is 375 g/mol. The van der Waals surface area contributed by atoms with Crippen LogP contribution < -0.4 is 14.8 Å². The quantitative estimate of drug-likeness (QED) is 0.714. The molecule has 1 aromatic heterocycles. The number of nitrogens with one attached hydrogen (secondary N) is 2. The molecule has 1 aliphatic rings. The summed E-state index contributed by atoms with van der Waals surface area (Å²) in [6.07, 6.45) is 1.79. The Morgan fingerprint density at radius 1 is 1.00 bits per heavy atom. The summed E-state index contributed by atoms with van der Waals surface area (Å²) in [7, 11) is 0. The van der Waals surface area contributed by atoms with Crippen molar-refractivity contribution in [2.24, 2.45) is 0 Å². The van der Waals surface area contributed by atoms with E-state index in [0.29, 0.717) is 26.3 Å². The molecular formula is C19H19ClFN3O2. The van der Waals surface area contributed by atoms with Gasteiger partial charge in [-0.05, 0) is 42.0 Å². The fourth-order valence-electron chi connectivity index (χ4n) is 2.85. The van der Waals surface area contributed by atoms with Crippen LogP contribution in [0, 0.1) is 5.82 Å². The predicted octanol–water partition coefficient (Wildman–Crippen LogP) is 3.70. The lowest BCUT2D eigenvalue weighted by molar-refractivity contribution is 0.171. The molecule has 0 aliphatic carbocycles. The number of H-pyrrole nitrogens is 1. The Hall–Kier alpha value is -2.57. The molecule has 0 fully saturated rings. The first kappa shape index (κ1) is 18.2. The van der Waals surface area contributed by atoms with E-state index >= 15 is 0 Å². The van der Waals surface area contributed by atoms with Crippen LogP contribution >= 0.6 is 12.4 Å². The molecule has 0 saturated carbocycles. The molecular weight excluding hydrogens is 357 g/mol. The number of ether oxygens (including phenoxy) is 2. The highest BCUT2D eigenvalue weighted by molar-refractivity contribution is 5.85. The highest BCUT2D eigenvalue weighted by Crippen LogP contribution is 2.30. The number of aromatic amines is 1. The van der Waals surface area contributed by atoms with Gasteiger partial charge >= 0.3 is 0 Å². The van der Waals surface area contributed by atoms with E-state index in [1.807, 2.05) is 18.2 Å². The topological polar surface area (TPSA) is 59.2 Å². The number of nitrogens with zero attached hydrogens (tertiary/aromatic N) is 1. The standard InChI is InChI=1S/C19H18FN3O2.ClH/c20-16-4-2-14(3-5-16)19-15(12-22-23-19)11-21-10-13-1-6-17-18(9-13)25-8-7-24-17;/h1-6,9,12,21H,7-8,10-11H2,(H,22,23);1H. The maximum atomic E-state index is 13.1. The zero-order valence-corrected chi connectivity index (χ0v) is 14.8. The van der Waals surface area contributed by atoms with Gasteiger partial charge < -0.3 is 14.8 Å². The van der Waals surface area contributed by atoms with Crippen molar-refractivity contribution < 1.29 is 13.9 Å². The van der Waals surface area contributed by atoms with Gasteiger partial charge in [-0.1, -0.05) is 6.07 Å². The number of hydrogen-bond donors (Lipinski definition) is 2. The molecule has 1 aliphatic heterocycles. The number of benzene rings is 2. The van der Waals surface area contributed by atoms with Crippen molar-refractivity contribution in [1.29, 1.82) is 0 Å². The third-order valence-electron chi connectivity index (χ3n) is 4.10. The molecule has 3 aromatic rings. The van der Waals surface area contributed by atoms with Gasteiger partial charge in [0.1, 0.15) is 19.0 Å². The van der Waals surface area contributed by atoms with Crippen molar-refractivity contribution in [1.82, 2.24) is 15.5 Å². The van der Waals surface area contributed by atoms with Crippen molar-refractivity contribution in [2.45, 2.75) is 13.1 Å². The molecule has 5 nitrogen and oxygen atoms in total. The first-order valence-electron chi connectivity index (χ1n) is 8.17. The fraction of sp³-hybridized carbons (Fsp3) is 0.211. The molecule has 0 radical (unpaired) electrons. The number of aromatic nitrogens is 2. The molecule has 0 spiro atoms. The second-order valence-corrected chi connectivity index (χ2v) is 5.86. The molecule has 7 heteroatoms. The molecule has 0 saturated heterocycles. The number of rotatable bonds is 5. The van der Waals surface area contributed by atoms with Gasteiger partial charge in [-0.2, -0.15) is 5.10 Å². The van der Waals surface area contributed by atoms with Crippen LogP contribution in [0.15, 0.2) is 48.7 Å². The maximum absolute atomic E-state index is 13.1. The summed E-state index contributed by atoms with van der Waals surface area (Å²) in [4.78, 5) is 0. The second-order valence-electron chi connectivity index (χ2n) is 5.86. The van der Waals surface area contributed by atoms with Crippen molar-refractivity contribution in [2.75, 3.05) is 13.2 Å². The minimum atomic E-state index is -0.249. The van der Waals surface area contributed by atoms with Gasteiger partial charge in [0.05, 0.1) is 11.9 Å². The second kappa shape index (κ2) is 8.21. The minimum Gasteiger partial charge on any atom is -0.486 e. The van der Waals surface area contributed by atoms with Gasteiger partial charge in [-0.25, -0.2) is 4.39 Å². The number of hydrogen-bond acceptors (Lipinski definition) is 4. The first-order chi connectivity index (χ1) is 12.3. The van der Waals surface area contributed by atoms with E-state index in [9.17, 15) is 4.39 Å². The highest BCUT2D eigenvalue weighted by Gasteiger charge is 2.12. The van der Waals surface area contributed by atoms with Crippen LogP contribution in [0.1, 0.15) is 11.1 Å². The van der Waals surface area contributed by atoms with Crippen LogP contribution in [0.25, 0.3) is 11.3 Å². The van der Waals surface area contributed by atoms with Crippen LogP contribution in [0.4, 0.5) is 4.39 Å². The van der Waals surface area contributed by atoms with Crippen molar-refractivity contribution in [3.8, 4) is 22.8 Å². The van der Waals surface area contributed by atoms with Gasteiger partial charge in [0.15, 0.2) is 11.5 Å². The number of fused-ring (bicyclic) bond motifs is 1. The molecule has 2 aromatic carbocycles. The van der Waals surface area contributed by atoms with Gasteiger partial charge in [0.25, 0.3) is 0 Å². The van der Waals surface area contributed by atoms with Crippen LogP contribution in [0.5, 0.6) is 11.5 Å². The maximum Gasteiger partial charge on any atom is 0.161 e. The Labute approximate surface area is 156 Å². The largest absolute Gasteiger partial charge is 0.486 e. The lowest BCUT2D eigenvalue weighted by atomic mass is 10.1. The Morgan fingerprint density at radius 3 is 2.58 bits per heavy atom. The average molecular weight is 376 g/mol. The number of halogens is 2. The summed E-state index contributed by atoms with van der Waals surface area (Å²) in [5, 5.41) is 10.5. The van der Waals surface area contributed by atoms with Crippen molar-refractivity contribution >= 4 is 12.4 Å². The summed E-state index contributed by atoms with van der Waals surface area (Å²) >= 11 is 0. The molecule has 2 heterocycles. The molecule has 0 amide bonds. The molecule has 136 valence electrons. The Kier molecular flexibility index (Phi) is 5.75. The first-order valence-corrected chi connectivity index (χ1v) is 8.17. The van der Waals surface area contributed by atoms with E-state index in [4.69, 9.17) is 9.47 Å². The van der Waals surface area contributed by atoms with E-state index in [2.05, 4.69) is 15.5 Å². The van der Waals surface area contributed by atoms with Gasteiger partial charge in [-0.3, -0.25) is 5.10 Å². The van der Waals surface area contributed by atoms with E-state index < -0.39 is 0 Å². The summed E-state index contributed by atoms with van der Waals surface area (Å²) in [5.41, 5.74) is 3.96. The molecule has 26 heavy (non-hydrogen) atoms. The van der Waals surface area contributed by atoms with Crippen molar-refractivity contribution in [3.63, 3.8) is 0 Å². The van der Waals surface area contributed by atoms with E-state index in [1.165, 1.54) is 12.1 Å². The van der Waals surface area contributed by atoms with Gasteiger partial charge in [-0.15, -0.1) is 12.4 Å². The zero-order valence-electron chi connectivity index (χ0n) is 14.0. The summed E-state index contributed by atoms with van der Waals surface area (Å²) in [6, 6.07) is 12.3. The fourth-order valence-corrected chi connectivity index (χ4v) is 2.85. The minimum absolute atomic E-state index is 0. The van der Waals surface area contributed by atoms with E-state index in [-0.39, 0.29) is 18.2 Å². The van der Waals surface area contributed by atoms with Crippen LogP contribution in [0.3, 0.4) is 0 Å². The molecule has 0 bridgehead atoms. The summed E-state index contributed by atoms with van der Waals surface area (Å²) in [6.45, 7) is 2.53. The Balaban J connectivity index is 0.00000196. The Morgan fingerprint density at radius 2 is 1.77 bits per heavy atom.